The van der Waals surface area contributed by atoms with Crippen LogP contribution in [0.1, 0.15) is 17.3 Å². The second-order valence-corrected chi connectivity index (χ2v) is 4.84. The van der Waals surface area contributed by atoms with Gasteiger partial charge in [-0.05, 0) is 25.1 Å². The van der Waals surface area contributed by atoms with Crippen LogP contribution >= 0.6 is 0 Å². The van der Waals surface area contributed by atoms with E-state index < -0.39 is 17.9 Å². The second kappa shape index (κ2) is 6.74. The second-order valence-electron chi connectivity index (χ2n) is 4.84. The van der Waals surface area contributed by atoms with Crippen molar-refractivity contribution in [3.05, 3.63) is 29.8 Å². The summed E-state index contributed by atoms with van der Waals surface area (Å²) < 4.78 is 0. The predicted octanol–water partition coefficient (Wildman–Crippen LogP) is 1.33. The quantitative estimate of drug-likeness (QED) is 0.876. The lowest BCUT2D eigenvalue weighted by molar-refractivity contribution is -0.141. The number of anilines is 1. The Morgan fingerprint density at radius 1 is 1.19 bits per heavy atom. The summed E-state index contributed by atoms with van der Waals surface area (Å²) in [5, 5.41) is 11.6. The summed E-state index contributed by atoms with van der Waals surface area (Å²) in [5.41, 5.74) is 0.776. The molecule has 0 saturated carbocycles. The van der Waals surface area contributed by atoms with Crippen molar-refractivity contribution in [3.8, 4) is 0 Å². The lowest BCUT2D eigenvalue weighted by Crippen LogP contribution is -2.40. The lowest BCUT2D eigenvalue weighted by Gasteiger charge is -2.21. The summed E-state index contributed by atoms with van der Waals surface area (Å²) in [4.78, 5) is 37.2. The molecule has 0 radical (unpaired) electrons. The summed E-state index contributed by atoms with van der Waals surface area (Å²) in [6.45, 7) is 1.43. The van der Waals surface area contributed by atoms with Crippen molar-refractivity contribution in [2.45, 2.75) is 13.0 Å². The molecule has 0 spiro atoms. The van der Waals surface area contributed by atoms with Crippen molar-refractivity contribution in [2.24, 2.45) is 0 Å². The molecule has 7 heteroatoms. The van der Waals surface area contributed by atoms with Crippen molar-refractivity contribution in [1.82, 2.24) is 9.80 Å². The van der Waals surface area contributed by atoms with Gasteiger partial charge in [0, 0.05) is 32.4 Å². The minimum Gasteiger partial charge on any atom is -0.480 e. The van der Waals surface area contributed by atoms with Crippen molar-refractivity contribution < 1.29 is 19.5 Å². The van der Waals surface area contributed by atoms with Gasteiger partial charge in [-0.2, -0.15) is 0 Å². The van der Waals surface area contributed by atoms with Crippen LogP contribution in [-0.4, -0.2) is 60.0 Å². The van der Waals surface area contributed by atoms with E-state index in [4.69, 9.17) is 5.11 Å². The zero-order chi connectivity index (χ0) is 16.2. The van der Waals surface area contributed by atoms with Gasteiger partial charge in [0.05, 0.1) is 0 Å². The van der Waals surface area contributed by atoms with Gasteiger partial charge >= 0.3 is 12.0 Å². The van der Waals surface area contributed by atoms with Crippen LogP contribution in [0.5, 0.6) is 0 Å². The van der Waals surface area contributed by atoms with E-state index in [2.05, 4.69) is 5.32 Å². The molecule has 0 aromatic heterocycles. The minimum atomic E-state index is -1.08. The van der Waals surface area contributed by atoms with E-state index in [1.54, 1.807) is 32.3 Å². The smallest absolute Gasteiger partial charge is 0.326 e. The number of carbonyl (C=O) groups is 3. The Hall–Kier alpha value is -2.57. The third-order valence-electron chi connectivity index (χ3n) is 3.03. The molecular weight excluding hydrogens is 274 g/mol. The van der Waals surface area contributed by atoms with Gasteiger partial charge in [0.2, 0.25) is 0 Å². The Balaban J connectivity index is 2.92. The van der Waals surface area contributed by atoms with Gasteiger partial charge in [0.15, 0.2) is 0 Å². The minimum absolute atomic E-state index is 0.308. The number of carbonyl (C=O) groups excluding carboxylic acids is 2. The maximum absolute atomic E-state index is 12.2. The lowest BCUT2D eigenvalue weighted by atomic mass is 10.1. The monoisotopic (exact) mass is 293 g/mol. The highest BCUT2D eigenvalue weighted by atomic mass is 16.4. The van der Waals surface area contributed by atoms with Crippen LogP contribution in [0.3, 0.4) is 0 Å². The first-order chi connectivity index (χ1) is 9.73. The molecule has 114 valence electrons. The zero-order valence-electron chi connectivity index (χ0n) is 12.5. The Kier molecular flexibility index (Phi) is 5.29. The first-order valence-corrected chi connectivity index (χ1v) is 6.32. The number of carboxylic acid groups (broad SMARTS) is 1. The van der Waals surface area contributed by atoms with E-state index in [1.165, 1.54) is 24.9 Å². The summed E-state index contributed by atoms with van der Waals surface area (Å²) in [6, 6.07) is 5.11. The first-order valence-electron chi connectivity index (χ1n) is 6.32. The Labute approximate surface area is 123 Å². The molecule has 1 aromatic rings. The topological polar surface area (TPSA) is 90.0 Å². The van der Waals surface area contributed by atoms with Crippen molar-refractivity contribution in [2.75, 3.05) is 26.5 Å². The Morgan fingerprint density at radius 2 is 1.81 bits per heavy atom. The maximum Gasteiger partial charge on any atom is 0.326 e. The fourth-order valence-corrected chi connectivity index (χ4v) is 1.51. The van der Waals surface area contributed by atoms with E-state index in [-0.39, 0.29) is 6.03 Å². The number of nitrogens with one attached hydrogen (secondary N) is 1. The summed E-state index contributed by atoms with van der Waals surface area (Å²) >= 11 is 0. The number of aliphatic carboxylic acids is 1. The van der Waals surface area contributed by atoms with E-state index in [0.717, 1.165) is 4.90 Å². The molecule has 7 nitrogen and oxygen atoms in total. The fraction of sp³-hybridized carbons (Fsp3) is 0.357. The van der Waals surface area contributed by atoms with Gasteiger partial charge in [0.1, 0.15) is 6.04 Å². The third kappa shape index (κ3) is 4.20. The molecule has 3 amide bonds. The molecule has 1 unspecified atom stereocenters. The highest BCUT2D eigenvalue weighted by Gasteiger charge is 2.22. The van der Waals surface area contributed by atoms with Crippen molar-refractivity contribution in [3.63, 3.8) is 0 Å². The highest BCUT2D eigenvalue weighted by Crippen LogP contribution is 2.14. The van der Waals surface area contributed by atoms with E-state index >= 15 is 0 Å². The van der Waals surface area contributed by atoms with Crippen LogP contribution in [0.2, 0.25) is 0 Å². The van der Waals surface area contributed by atoms with E-state index in [0.29, 0.717) is 11.3 Å². The molecule has 0 aliphatic carbocycles. The van der Waals surface area contributed by atoms with E-state index in [9.17, 15) is 14.4 Å². The van der Waals surface area contributed by atoms with E-state index in [1.807, 2.05) is 0 Å². The number of likely N-dealkylation sites (N-methyl/N-ethyl adjacent to an activating group) is 1. The van der Waals surface area contributed by atoms with Crippen molar-refractivity contribution in [1.29, 1.82) is 0 Å². The molecule has 1 atom stereocenters. The predicted molar refractivity (Wildman–Crippen MR) is 78.3 cm³/mol. The molecule has 0 fully saturated rings. The molecule has 0 heterocycles. The average molecular weight is 293 g/mol. The van der Waals surface area contributed by atoms with Gasteiger partial charge < -0.3 is 20.2 Å². The number of carboxylic acids is 1. The summed E-state index contributed by atoms with van der Waals surface area (Å²) in [5.74, 6) is -1.51. The molecule has 0 aliphatic heterocycles. The molecule has 21 heavy (non-hydrogen) atoms. The van der Waals surface area contributed by atoms with Gasteiger partial charge in [-0.3, -0.25) is 4.79 Å². The van der Waals surface area contributed by atoms with Crippen LogP contribution in [0.25, 0.3) is 0 Å². The number of rotatable bonds is 4. The molecule has 0 bridgehead atoms. The number of amides is 3. The molecule has 0 saturated heterocycles. The third-order valence-corrected chi connectivity index (χ3v) is 3.03. The average Bonchev–Trinajstić information content (AvgIpc) is 2.44. The largest absolute Gasteiger partial charge is 0.480 e. The molecule has 1 aromatic carbocycles. The number of urea groups is 1. The SMILES string of the molecule is CC(C(=O)O)N(C)C(=O)c1cccc(NC(=O)N(C)C)c1. The van der Waals surface area contributed by atoms with Crippen LogP contribution in [-0.2, 0) is 4.79 Å². The molecule has 1 rings (SSSR count). The molecule has 2 N–H and O–H groups in total. The first kappa shape index (κ1) is 16.5. The van der Waals surface area contributed by atoms with Crippen molar-refractivity contribution >= 4 is 23.6 Å². The number of hydrogen-bond acceptors (Lipinski definition) is 3. The molecule has 0 aliphatic rings. The number of nitrogens with zero attached hydrogens (tertiary/aromatic N) is 2. The van der Waals surface area contributed by atoms with Gasteiger partial charge in [-0.15, -0.1) is 0 Å². The summed E-state index contributed by atoms with van der Waals surface area (Å²) in [7, 11) is 4.63. The van der Waals surface area contributed by atoms with Crippen LogP contribution < -0.4 is 5.32 Å². The van der Waals surface area contributed by atoms with Gasteiger partial charge in [-0.25, -0.2) is 9.59 Å². The van der Waals surface area contributed by atoms with Gasteiger partial charge in [-0.1, -0.05) is 6.07 Å². The Bertz CT molecular complexity index is 557. The molecular formula is C14H19N3O4. The summed E-state index contributed by atoms with van der Waals surface area (Å²) in [6.07, 6.45) is 0. The number of hydrogen-bond donors (Lipinski definition) is 2. The highest BCUT2D eigenvalue weighted by molar-refractivity contribution is 5.98. The van der Waals surface area contributed by atoms with Gasteiger partial charge in [0.25, 0.3) is 5.91 Å². The zero-order valence-corrected chi connectivity index (χ0v) is 12.5. The van der Waals surface area contributed by atoms with Crippen LogP contribution in [0.15, 0.2) is 24.3 Å². The van der Waals surface area contributed by atoms with Crippen LogP contribution in [0.4, 0.5) is 10.5 Å². The normalized spacial score (nSPS) is 11.4. The number of benzene rings is 1. The standard InChI is InChI=1S/C14H19N3O4/c1-9(13(19)20)17(4)12(18)10-6-5-7-11(8-10)15-14(21)16(2)3/h5-9H,1-4H3,(H,15,21)(H,19,20). The Morgan fingerprint density at radius 3 is 2.33 bits per heavy atom. The maximum atomic E-state index is 12.2. The fourth-order valence-electron chi connectivity index (χ4n) is 1.51. The van der Waals surface area contributed by atoms with Crippen LogP contribution in [0, 0.1) is 0 Å².